The average molecular weight is 573 g/mol. The number of nitrogens with zero attached hydrogens (tertiary/aromatic N) is 2. The van der Waals surface area contributed by atoms with E-state index in [4.69, 9.17) is 10.5 Å². The first-order valence-electron chi connectivity index (χ1n) is 14.6. The van der Waals surface area contributed by atoms with Gasteiger partial charge in [-0.25, -0.2) is 4.52 Å². The van der Waals surface area contributed by atoms with Gasteiger partial charge in [-0.05, 0) is 94.4 Å². The third kappa shape index (κ3) is 4.89. The summed E-state index contributed by atoms with van der Waals surface area (Å²) in [5.74, 6) is 0.555. The average Bonchev–Trinajstić information content (AvgIpc) is 3.51. The molecule has 1 spiro atoms. The molecule has 0 aliphatic heterocycles. The Labute approximate surface area is 242 Å². The summed E-state index contributed by atoms with van der Waals surface area (Å²) < 4.78 is 9.28. The Morgan fingerprint density at radius 1 is 1.17 bits per heavy atom. The lowest BCUT2D eigenvalue weighted by Crippen LogP contribution is -2.58. The Bertz CT molecular complexity index is 1660. The van der Waals surface area contributed by atoms with E-state index in [0.717, 1.165) is 60.5 Å². The molecule has 214 valence electrons. The zero-order valence-corrected chi connectivity index (χ0v) is 24.3. The number of hydrogen-bond acceptors (Lipinski definition) is 6. The highest BCUT2D eigenvalue weighted by Gasteiger charge is 2.54. The summed E-state index contributed by atoms with van der Waals surface area (Å²) >= 11 is 1.38. The van der Waals surface area contributed by atoms with Crippen LogP contribution in [0.25, 0.3) is 15.6 Å². The standard InChI is InChI=1S/C32H36N4O4S/c1-31(2,39)12-11-19-9-10-24-23(17-34-36(24)26(19)18-7-8-18)30(38)35-20-13-32(14-20)15-21(16-32)40-27-22-5-3-4-6-25(22)41-28(27)29(33)37/h3-6,9-10,17-18,20-21,39H,7-8,11-16H2,1-2H3,(H2,33,37)(H,35,38). The van der Waals surface area contributed by atoms with Gasteiger partial charge >= 0.3 is 0 Å². The molecule has 1 aromatic carbocycles. The summed E-state index contributed by atoms with van der Waals surface area (Å²) in [4.78, 5) is 25.8. The maximum Gasteiger partial charge on any atom is 0.262 e. The van der Waals surface area contributed by atoms with Crippen LogP contribution >= 0.6 is 11.3 Å². The molecule has 3 heterocycles. The molecule has 9 heteroatoms. The number of amides is 2. The van der Waals surface area contributed by atoms with E-state index >= 15 is 0 Å². The van der Waals surface area contributed by atoms with Crippen LogP contribution in [-0.2, 0) is 6.42 Å². The Morgan fingerprint density at radius 2 is 1.93 bits per heavy atom. The number of hydrogen-bond donors (Lipinski definition) is 3. The van der Waals surface area contributed by atoms with Gasteiger partial charge in [0, 0.05) is 27.7 Å². The quantitative estimate of drug-likeness (QED) is 0.250. The topological polar surface area (TPSA) is 119 Å². The van der Waals surface area contributed by atoms with Crippen molar-refractivity contribution < 1.29 is 19.4 Å². The summed E-state index contributed by atoms with van der Waals surface area (Å²) in [6, 6.07) is 12.1. The SMILES string of the molecule is CC(C)(O)CCc1ccc2c(C(=O)NC3CC4(C3)CC(Oc3c(C(N)=O)sc5ccccc35)C4)cnn2c1C1CC1. The van der Waals surface area contributed by atoms with E-state index in [1.54, 1.807) is 6.20 Å². The predicted octanol–water partition coefficient (Wildman–Crippen LogP) is 5.35. The monoisotopic (exact) mass is 572 g/mol. The Kier molecular flexibility index (Phi) is 6.17. The van der Waals surface area contributed by atoms with E-state index in [0.29, 0.717) is 28.5 Å². The second-order valence-electron chi connectivity index (χ2n) is 13.0. The maximum absolute atomic E-state index is 13.3. The fraction of sp³-hybridized carbons (Fsp3) is 0.469. The smallest absolute Gasteiger partial charge is 0.262 e. The maximum atomic E-state index is 13.3. The molecule has 2 amide bonds. The van der Waals surface area contributed by atoms with E-state index in [1.807, 2.05) is 48.7 Å². The summed E-state index contributed by atoms with van der Waals surface area (Å²) in [5, 5.41) is 19.1. The molecule has 8 nitrogen and oxygen atoms in total. The predicted molar refractivity (Wildman–Crippen MR) is 159 cm³/mol. The number of pyridine rings is 1. The van der Waals surface area contributed by atoms with Gasteiger partial charge in [0.1, 0.15) is 4.88 Å². The van der Waals surface area contributed by atoms with Gasteiger partial charge in [0.2, 0.25) is 0 Å². The van der Waals surface area contributed by atoms with Crippen molar-refractivity contribution in [3.8, 4) is 5.75 Å². The number of carbonyl (C=O) groups excluding carboxylic acids is 2. The molecular formula is C32H36N4O4S. The van der Waals surface area contributed by atoms with Gasteiger partial charge in [-0.3, -0.25) is 9.59 Å². The second-order valence-corrected chi connectivity index (χ2v) is 14.1. The fourth-order valence-electron chi connectivity index (χ4n) is 6.87. The van der Waals surface area contributed by atoms with Crippen molar-refractivity contribution in [1.29, 1.82) is 0 Å². The van der Waals surface area contributed by atoms with Crippen molar-refractivity contribution >= 4 is 38.8 Å². The van der Waals surface area contributed by atoms with Gasteiger partial charge in [-0.15, -0.1) is 11.3 Å². The van der Waals surface area contributed by atoms with E-state index < -0.39 is 11.5 Å². The first-order valence-corrected chi connectivity index (χ1v) is 15.4. The summed E-state index contributed by atoms with van der Waals surface area (Å²) in [5.41, 5.74) is 8.96. The van der Waals surface area contributed by atoms with Crippen LogP contribution in [0.3, 0.4) is 0 Å². The number of rotatable bonds is 9. The number of aromatic nitrogens is 2. The zero-order valence-electron chi connectivity index (χ0n) is 23.5. The number of nitrogens with two attached hydrogens (primary N) is 1. The van der Waals surface area contributed by atoms with E-state index in [1.165, 1.54) is 22.6 Å². The van der Waals surface area contributed by atoms with E-state index in [2.05, 4.69) is 16.5 Å². The normalized spacial score (nSPS) is 23.9. The van der Waals surface area contributed by atoms with Crippen LogP contribution in [0.15, 0.2) is 42.6 Å². The lowest BCUT2D eigenvalue weighted by atomic mass is 9.53. The van der Waals surface area contributed by atoms with E-state index in [9.17, 15) is 14.7 Å². The molecule has 0 saturated heterocycles. The Balaban J connectivity index is 0.985. The zero-order chi connectivity index (χ0) is 28.5. The van der Waals surface area contributed by atoms with Gasteiger partial charge in [0.25, 0.3) is 11.8 Å². The van der Waals surface area contributed by atoms with Crippen LogP contribution in [0.1, 0.15) is 96.0 Å². The number of fused-ring (bicyclic) bond motifs is 2. The third-order valence-corrected chi connectivity index (χ3v) is 10.3. The van der Waals surface area contributed by atoms with Gasteiger partial charge in [-0.2, -0.15) is 5.10 Å². The molecule has 4 aromatic rings. The number of thiophene rings is 1. The molecule has 4 N–H and O–H groups in total. The van der Waals surface area contributed by atoms with Crippen LogP contribution in [0.5, 0.6) is 5.75 Å². The molecule has 41 heavy (non-hydrogen) atoms. The highest BCUT2D eigenvalue weighted by atomic mass is 32.1. The van der Waals surface area contributed by atoms with Gasteiger partial charge < -0.3 is 20.9 Å². The second kappa shape index (κ2) is 9.56. The number of benzene rings is 1. The van der Waals surface area contributed by atoms with Crippen molar-refractivity contribution in [2.45, 2.75) is 88.9 Å². The van der Waals surface area contributed by atoms with Crippen molar-refractivity contribution in [1.82, 2.24) is 14.9 Å². The highest BCUT2D eigenvalue weighted by molar-refractivity contribution is 7.21. The number of primary amides is 1. The minimum absolute atomic E-state index is 0.0498. The largest absolute Gasteiger partial charge is 0.488 e. The van der Waals surface area contributed by atoms with Gasteiger partial charge in [0.15, 0.2) is 5.75 Å². The molecule has 3 aromatic heterocycles. The molecular weight excluding hydrogens is 536 g/mol. The van der Waals surface area contributed by atoms with Crippen molar-refractivity contribution in [3.05, 3.63) is 64.3 Å². The molecule has 3 aliphatic carbocycles. The van der Waals surface area contributed by atoms with Gasteiger partial charge in [-0.1, -0.05) is 18.2 Å². The fourth-order valence-corrected chi connectivity index (χ4v) is 7.86. The molecule has 7 rings (SSSR count). The van der Waals surface area contributed by atoms with Crippen LogP contribution in [-0.4, -0.2) is 44.3 Å². The summed E-state index contributed by atoms with van der Waals surface area (Å²) in [6.45, 7) is 3.68. The van der Waals surface area contributed by atoms with Crippen LogP contribution in [0, 0.1) is 5.41 Å². The van der Waals surface area contributed by atoms with Crippen LogP contribution in [0.4, 0.5) is 0 Å². The lowest BCUT2D eigenvalue weighted by molar-refractivity contribution is -0.0828. The number of nitrogens with one attached hydrogen (secondary N) is 1. The first-order chi connectivity index (χ1) is 19.6. The minimum Gasteiger partial charge on any atom is -0.488 e. The molecule has 3 fully saturated rings. The summed E-state index contributed by atoms with van der Waals surface area (Å²) in [7, 11) is 0. The Morgan fingerprint density at radius 3 is 2.63 bits per heavy atom. The third-order valence-electron chi connectivity index (χ3n) is 9.09. The molecule has 0 unspecified atom stereocenters. The van der Waals surface area contributed by atoms with Gasteiger partial charge in [0.05, 0.1) is 29.0 Å². The van der Waals surface area contributed by atoms with Crippen molar-refractivity contribution in [3.63, 3.8) is 0 Å². The molecule has 3 aliphatic rings. The Hall–Kier alpha value is -3.43. The number of aryl methyl sites for hydroxylation is 1. The molecule has 0 bridgehead atoms. The number of carbonyl (C=O) groups is 2. The highest BCUT2D eigenvalue weighted by Crippen LogP contribution is 2.57. The first kappa shape index (κ1) is 26.5. The minimum atomic E-state index is -0.720. The van der Waals surface area contributed by atoms with Crippen molar-refractivity contribution in [2.24, 2.45) is 11.1 Å². The molecule has 3 saturated carbocycles. The molecule has 0 radical (unpaired) electrons. The van der Waals surface area contributed by atoms with E-state index in [-0.39, 0.29) is 23.5 Å². The number of ether oxygens (including phenoxy) is 1. The lowest BCUT2D eigenvalue weighted by Gasteiger charge is -2.57. The number of aliphatic hydroxyl groups is 1. The van der Waals surface area contributed by atoms with Crippen molar-refractivity contribution in [2.75, 3.05) is 0 Å². The van der Waals surface area contributed by atoms with Crippen LogP contribution < -0.4 is 15.8 Å². The summed E-state index contributed by atoms with van der Waals surface area (Å²) in [6.07, 6.45) is 9.17. The van der Waals surface area contributed by atoms with Crippen LogP contribution in [0.2, 0.25) is 0 Å². The molecule has 0 atom stereocenters.